The average molecular weight is 429 g/mol. The molecule has 29 heavy (non-hydrogen) atoms. The van der Waals surface area contributed by atoms with Crippen molar-refractivity contribution in [2.75, 3.05) is 31.3 Å². The monoisotopic (exact) mass is 428 g/mol. The van der Waals surface area contributed by atoms with Crippen molar-refractivity contribution < 1.29 is 9.84 Å². The number of thiazole rings is 1. The summed E-state index contributed by atoms with van der Waals surface area (Å²) in [5, 5.41) is 25.1. The standard InChI is InChI=1S/C19H20N6O2S2/c1-11-16(12-3-4-15(23-8-12)27-6-5-26)14(7-20)18(25-17(11)21)28-9-13-10-29-19(22-2)24-13/h3-4,8,10,26H,5-6,9H2,1-2H3,(H2,21,25)(H,22,24). The Morgan fingerprint density at radius 3 is 2.83 bits per heavy atom. The number of aliphatic hydroxyl groups is 1. The number of ether oxygens (including phenoxy) is 1. The normalized spacial score (nSPS) is 10.6. The molecule has 150 valence electrons. The minimum Gasteiger partial charge on any atom is -0.475 e. The maximum absolute atomic E-state index is 9.85. The Balaban J connectivity index is 1.93. The lowest BCUT2D eigenvalue weighted by atomic mass is 9.98. The van der Waals surface area contributed by atoms with Gasteiger partial charge in [-0.25, -0.2) is 15.0 Å². The van der Waals surface area contributed by atoms with Crippen LogP contribution in [0.3, 0.4) is 0 Å². The first-order valence-corrected chi connectivity index (χ1v) is 10.6. The van der Waals surface area contributed by atoms with Gasteiger partial charge in [0.05, 0.1) is 17.9 Å². The minimum atomic E-state index is -0.0859. The fourth-order valence-corrected chi connectivity index (χ4v) is 4.30. The van der Waals surface area contributed by atoms with Gasteiger partial charge in [-0.2, -0.15) is 5.26 Å². The molecule has 0 aliphatic carbocycles. The Morgan fingerprint density at radius 2 is 2.21 bits per heavy atom. The number of nitrogen functional groups attached to an aromatic ring is 1. The molecule has 0 unspecified atom stereocenters. The topological polar surface area (TPSA) is 130 Å². The number of nitrogens with two attached hydrogens (primary N) is 1. The van der Waals surface area contributed by atoms with Gasteiger partial charge in [0, 0.05) is 47.1 Å². The molecule has 0 fully saturated rings. The summed E-state index contributed by atoms with van der Waals surface area (Å²) in [7, 11) is 1.83. The van der Waals surface area contributed by atoms with Crippen LogP contribution in [0.2, 0.25) is 0 Å². The third kappa shape index (κ3) is 4.76. The van der Waals surface area contributed by atoms with E-state index in [-0.39, 0.29) is 13.2 Å². The number of pyridine rings is 2. The van der Waals surface area contributed by atoms with Gasteiger partial charge in [0.2, 0.25) is 5.88 Å². The zero-order valence-corrected chi connectivity index (χ0v) is 17.6. The van der Waals surface area contributed by atoms with E-state index < -0.39 is 0 Å². The van der Waals surface area contributed by atoms with Crippen LogP contribution in [0.1, 0.15) is 16.8 Å². The summed E-state index contributed by atoms with van der Waals surface area (Å²) in [4.78, 5) is 13.1. The fourth-order valence-electron chi connectivity index (χ4n) is 2.63. The van der Waals surface area contributed by atoms with Gasteiger partial charge in [0.25, 0.3) is 0 Å². The number of aliphatic hydroxyl groups excluding tert-OH is 1. The molecule has 0 aromatic carbocycles. The van der Waals surface area contributed by atoms with Crippen molar-refractivity contribution in [3.8, 4) is 23.1 Å². The summed E-state index contributed by atoms with van der Waals surface area (Å²) in [5.74, 6) is 1.35. The number of hydrogen-bond acceptors (Lipinski definition) is 10. The second-order valence-corrected chi connectivity index (χ2v) is 7.75. The average Bonchev–Trinajstić information content (AvgIpc) is 3.21. The number of anilines is 2. The molecule has 3 heterocycles. The lowest BCUT2D eigenvalue weighted by molar-refractivity contribution is 0.196. The van der Waals surface area contributed by atoms with Crippen LogP contribution in [0.5, 0.6) is 5.88 Å². The van der Waals surface area contributed by atoms with Gasteiger partial charge in [-0.05, 0) is 13.0 Å². The summed E-state index contributed by atoms with van der Waals surface area (Å²) in [6, 6.07) is 5.79. The quantitative estimate of drug-likeness (QED) is 0.463. The second-order valence-electron chi connectivity index (χ2n) is 5.93. The van der Waals surface area contributed by atoms with Gasteiger partial charge in [-0.1, -0.05) is 11.8 Å². The Labute approximate surface area is 176 Å². The molecule has 0 saturated heterocycles. The van der Waals surface area contributed by atoms with Gasteiger partial charge in [-0.15, -0.1) is 11.3 Å². The number of hydrogen-bond donors (Lipinski definition) is 3. The number of thioether (sulfide) groups is 1. The molecule has 3 aromatic rings. The molecule has 0 spiro atoms. The molecule has 0 aliphatic rings. The first-order valence-electron chi connectivity index (χ1n) is 8.72. The Bertz CT molecular complexity index is 1030. The maximum Gasteiger partial charge on any atom is 0.213 e. The summed E-state index contributed by atoms with van der Waals surface area (Å²) in [6.07, 6.45) is 1.63. The third-order valence-electron chi connectivity index (χ3n) is 4.05. The highest BCUT2D eigenvalue weighted by Gasteiger charge is 2.19. The Hall–Kier alpha value is -2.87. The zero-order chi connectivity index (χ0) is 20.8. The highest BCUT2D eigenvalue weighted by Crippen LogP contribution is 2.36. The van der Waals surface area contributed by atoms with E-state index in [9.17, 15) is 5.26 Å². The molecule has 0 saturated carbocycles. The van der Waals surface area contributed by atoms with Gasteiger partial charge in [0.1, 0.15) is 23.5 Å². The van der Waals surface area contributed by atoms with E-state index in [2.05, 4.69) is 26.3 Å². The number of nitrogens with zero attached hydrogens (tertiary/aromatic N) is 4. The molecule has 0 atom stereocenters. The van der Waals surface area contributed by atoms with Crippen LogP contribution in [-0.4, -0.2) is 40.3 Å². The first-order chi connectivity index (χ1) is 14.1. The van der Waals surface area contributed by atoms with E-state index in [1.807, 2.05) is 25.4 Å². The first kappa shape index (κ1) is 20.9. The number of nitrogens with one attached hydrogen (secondary N) is 1. The van der Waals surface area contributed by atoms with Crippen molar-refractivity contribution in [2.24, 2.45) is 0 Å². The molecular formula is C19H20N6O2S2. The van der Waals surface area contributed by atoms with E-state index in [1.165, 1.54) is 23.1 Å². The highest BCUT2D eigenvalue weighted by molar-refractivity contribution is 7.98. The van der Waals surface area contributed by atoms with Crippen LogP contribution >= 0.6 is 23.1 Å². The van der Waals surface area contributed by atoms with E-state index in [4.69, 9.17) is 15.6 Å². The largest absolute Gasteiger partial charge is 0.475 e. The third-order valence-corrected chi connectivity index (χ3v) is 5.96. The molecule has 0 bridgehead atoms. The van der Waals surface area contributed by atoms with Crippen molar-refractivity contribution >= 4 is 34.0 Å². The van der Waals surface area contributed by atoms with Crippen LogP contribution in [0.25, 0.3) is 11.1 Å². The Kier molecular flexibility index (Phi) is 6.87. The predicted octanol–water partition coefficient (Wildman–Crippen LogP) is 3.07. The van der Waals surface area contributed by atoms with Crippen LogP contribution < -0.4 is 15.8 Å². The van der Waals surface area contributed by atoms with Gasteiger partial charge in [0.15, 0.2) is 5.13 Å². The van der Waals surface area contributed by atoms with Crippen LogP contribution in [0, 0.1) is 18.3 Å². The SMILES string of the molecule is CNc1nc(CSc2nc(N)c(C)c(-c3ccc(OCCO)nc3)c2C#N)cs1. The molecule has 8 nitrogen and oxygen atoms in total. The Morgan fingerprint density at radius 1 is 1.38 bits per heavy atom. The van der Waals surface area contributed by atoms with Crippen LogP contribution in [0.15, 0.2) is 28.7 Å². The lowest BCUT2D eigenvalue weighted by Crippen LogP contribution is -2.04. The van der Waals surface area contributed by atoms with Crippen molar-refractivity contribution in [3.05, 3.63) is 40.5 Å². The minimum absolute atomic E-state index is 0.0859. The summed E-state index contributed by atoms with van der Waals surface area (Å²) in [5.41, 5.74) is 9.68. The highest BCUT2D eigenvalue weighted by atomic mass is 32.2. The number of nitriles is 1. The summed E-state index contributed by atoms with van der Waals surface area (Å²) < 4.78 is 5.30. The molecule has 3 rings (SSSR count). The fraction of sp³-hybridized carbons (Fsp3) is 0.263. The van der Waals surface area contributed by atoms with E-state index in [0.717, 1.165) is 22.0 Å². The lowest BCUT2D eigenvalue weighted by Gasteiger charge is -2.14. The maximum atomic E-state index is 9.85. The molecule has 0 aliphatic heterocycles. The van der Waals surface area contributed by atoms with Gasteiger partial charge < -0.3 is 20.9 Å². The predicted molar refractivity (Wildman–Crippen MR) is 115 cm³/mol. The zero-order valence-electron chi connectivity index (χ0n) is 16.0. The van der Waals surface area contributed by atoms with Crippen molar-refractivity contribution in [1.82, 2.24) is 15.0 Å². The smallest absolute Gasteiger partial charge is 0.213 e. The van der Waals surface area contributed by atoms with Gasteiger partial charge in [-0.3, -0.25) is 0 Å². The molecule has 4 N–H and O–H groups in total. The van der Waals surface area contributed by atoms with E-state index in [0.29, 0.717) is 33.6 Å². The van der Waals surface area contributed by atoms with E-state index >= 15 is 0 Å². The molecule has 3 aromatic heterocycles. The van der Waals surface area contributed by atoms with Crippen LogP contribution in [0.4, 0.5) is 10.9 Å². The second kappa shape index (κ2) is 9.56. The van der Waals surface area contributed by atoms with Crippen LogP contribution in [-0.2, 0) is 5.75 Å². The molecular weight excluding hydrogens is 408 g/mol. The molecule has 10 heteroatoms. The van der Waals surface area contributed by atoms with Crippen molar-refractivity contribution in [1.29, 1.82) is 5.26 Å². The van der Waals surface area contributed by atoms with Crippen molar-refractivity contribution in [2.45, 2.75) is 17.7 Å². The number of aromatic nitrogens is 3. The van der Waals surface area contributed by atoms with Gasteiger partial charge >= 0.3 is 0 Å². The summed E-state index contributed by atoms with van der Waals surface area (Å²) >= 11 is 2.95. The molecule has 0 radical (unpaired) electrons. The number of rotatable bonds is 8. The summed E-state index contributed by atoms with van der Waals surface area (Å²) in [6.45, 7) is 1.92. The van der Waals surface area contributed by atoms with E-state index in [1.54, 1.807) is 12.3 Å². The van der Waals surface area contributed by atoms with Crippen molar-refractivity contribution in [3.63, 3.8) is 0 Å². The molecule has 0 amide bonds.